The van der Waals surface area contributed by atoms with Crippen molar-refractivity contribution in [2.24, 2.45) is 4.99 Å². The van der Waals surface area contributed by atoms with Crippen LogP contribution in [-0.2, 0) is 17.8 Å². The standard InChI is InChI=1S/C25H36N6O.HI/c1-20-17-23(10-12-31(20)19-21-7-4-3-5-8-21)29-25(26-2)28-18-22-9-6-11-27-24(22)30-13-15-32-16-14-30;/h3-9,11,20,23H,10,12-19H2,1-2H3,(H2,26,28,29);1H. The number of rotatable bonds is 6. The lowest BCUT2D eigenvalue weighted by Crippen LogP contribution is -2.51. The van der Waals surface area contributed by atoms with Gasteiger partial charge in [-0.05, 0) is 31.4 Å². The maximum atomic E-state index is 5.49. The number of aliphatic imine (C=N–C) groups is 1. The van der Waals surface area contributed by atoms with Gasteiger partial charge in [-0.1, -0.05) is 36.4 Å². The van der Waals surface area contributed by atoms with Gasteiger partial charge in [-0.3, -0.25) is 9.89 Å². The first kappa shape index (κ1) is 25.7. The Hall–Kier alpha value is -1.91. The molecule has 33 heavy (non-hydrogen) atoms. The number of guanidine groups is 1. The number of nitrogens with one attached hydrogen (secondary N) is 2. The highest BCUT2D eigenvalue weighted by molar-refractivity contribution is 14.0. The summed E-state index contributed by atoms with van der Waals surface area (Å²) in [6.45, 7) is 8.43. The van der Waals surface area contributed by atoms with E-state index in [2.05, 4.69) is 73.7 Å². The molecule has 0 aliphatic carbocycles. The quantitative estimate of drug-likeness (QED) is 0.319. The van der Waals surface area contributed by atoms with Crippen molar-refractivity contribution in [1.29, 1.82) is 0 Å². The Kier molecular flexibility index (Phi) is 10.2. The minimum Gasteiger partial charge on any atom is -0.378 e. The molecule has 0 spiro atoms. The summed E-state index contributed by atoms with van der Waals surface area (Å²) in [6, 6.07) is 15.9. The molecular weight excluding hydrogens is 527 g/mol. The third-order valence-corrected chi connectivity index (χ3v) is 6.43. The molecule has 180 valence electrons. The van der Waals surface area contributed by atoms with E-state index in [4.69, 9.17) is 4.74 Å². The number of nitrogens with zero attached hydrogens (tertiary/aromatic N) is 4. The molecule has 2 N–H and O–H groups in total. The van der Waals surface area contributed by atoms with Crippen LogP contribution < -0.4 is 15.5 Å². The lowest BCUT2D eigenvalue weighted by molar-refractivity contribution is 0.122. The first-order chi connectivity index (χ1) is 15.7. The van der Waals surface area contributed by atoms with Crippen LogP contribution in [0.4, 0.5) is 5.82 Å². The molecule has 0 radical (unpaired) electrons. The van der Waals surface area contributed by atoms with Crippen LogP contribution in [0, 0.1) is 0 Å². The van der Waals surface area contributed by atoms with E-state index in [1.807, 2.05) is 19.3 Å². The van der Waals surface area contributed by atoms with Crippen LogP contribution in [0.25, 0.3) is 0 Å². The van der Waals surface area contributed by atoms with Crippen LogP contribution in [0.1, 0.15) is 30.9 Å². The number of piperidine rings is 1. The van der Waals surface area contributed by atoms with Gasteiger partial charge in [0.15, 0.2) is 5.96 Å². The Morgan fingerprint density at radius 2 is 1.91 bits per heavy atom. The fraction of sp³-hybridized carbons (Fsp3) is 0.520. The highest BCUT2D eigenvalue weighted by Gasteiger charge is 2.26. The highest BCUT2D eigenvalue weighted by Crippen LogP contribution is 2.21. The molecule has 2 aromatic rings. The monoisotopic (exact) mass is 564 g/mol. The smallest absolute Gasteiger partial charge is 0.191 e. The molecule has 7 nitrogen and oxygen atoms in total. The molecule has 2 fully saturated rings. The van der Waals surface area contributed by atoms with Gasteiger partial charge in [-0.25, -0.2) is 4.98 Å². The number of likely N-dealkylation sites (tertiary alicyclic amines) is 1. The van der Waals surface area contributed by atoms with Crippen molar-refractivity contribution in [3.05, 3.63) is 59.8 Å². The molecule has 2 aliphatic heterocycles. The van der Waals surface area contributed by atoms with E-state index in [1.54, 1.807) is 0 Å². The third kappa shape index (κ3) is 7.28. The molecule has 0 amide bonds. The van der Waals surface area contributed by atoms with Crippen LogP contribution in [0.2, 0.25) is 0 Å². The first-order valence-corrected chi connectivity index (χ1v) is 11.7. The van der Waals surface area contributed by atoms with Gasteiger partial charge in [0.2, 0.25) is 0 Å². The second-order valence-corrected chi connectivity index (χ2v) is 8.68. The zero-order valence-corrected chi connectivity index (χ0v) is 22.1. The fourth-order valence-electron chi connectivity index (χ4n) is 4.60. The summed E-state index contributed by atoms with van der Waals surface area (Å²) in [7, 11) is 1.84. The Labute approximate surface area is 215 Å². The molecule has 2 unspecified atom stereocenters. The lowest BCUT2D eigenvalue weighted by atomic mass is 9.97. The Balaban J connectivity index is 0.00000306. The van der Waals surface area contributed by atoms with Crippen molar-refractivity contribution in [2.45, 2.75) is 44.9 Å². The van der Waals surface area contributed by atoms with Gasteiger partial charge in [-0.15, -0.1) is 24.0 Å². The summed E-state index contributed by atoms with van der Waals surface area (Å²) in [5, 5.41) is 7.15. The normalized spacial score (nSPS) is 21.9. The van der Waals surface area contributed by atoms with Crippen LogP contribution in [-0.4, -0.2) is 67.8 Å². The Bertz CT molecular complexity index is 874. The zero-order valence-electron chi connectivity index (χ0n) is 19.7. The van der Waals surface area contributed by atoms with Gasteiger partial charge in [0.05, 0.1) is 13.2 Å². The molecule has 8 heteroatoms. The molecule has 2 aliphatic rings. The number of hydrogen-bond acceptors (Lipinski definition) is 5. The topological polar surface area (TPSA) is 65.0 Å². The molecule has 0 bridgehead atoms. The molecule has 4 rings (SSSR count). The maximum absolute atomic E-state index is 5.49. The van der Waals surface area contributed by atoms with E-state index in [-0.39, 0.29) is 24.0 Å². The number of halogens is 1. The zero-order chi connectivity index (χ0) is 22.2. The van der Waals surface area contributed by atoms with E-state index in [9.17, 15) is 0 Å². The Morgan fingerprint density at radius 3 is 2.64 bits per heavy atom. The molecule has 1 aromatic carbocycles. The van der Waals surface area contributed by atoms with Crippen molar-refractivity contribution in [1.82, 2.24) is 20.5 Å². The Morgan fingerprint density at radius 1 is 1.12 bits per heavy atom. The number of hydrogen-bond donors (Lipinski definition) is 2. The SMILES string of the molecule is CN=C(NCc1cccnc1N1CCOCC1)NC1CCN(Cc2ccccc2)C(C)C1.I. The number of morpholine rings is 1. The molecule has 2 atom stereocenters. The van der Waals surface area contributed by atoms with Crippen molar-refractivity contribution in [3.8, 4) is 0 Å². The largest absolute Gasteiger partial charge is 0.378 e. The van der Waals surface area contributed by atoms with Gasteiger partial charge >= 0.3 is 0 Å². The van der Waals surface area contributed by atoms with Crippen molar-refractivity contribution in [2.75, 3.05) is 44.8 Å². The molecule has 1 aromatic heterocycles. The molecule has 0 saturated carbocycles. The van der Waals surface area contributed by atoms with Crippen molar-refractivity contribution < 1.29 is 4.74 Å². The summed E-state index contributed by atoms with van der Waals surface area (Å²) in [6.07, 6.45) is 4.09. The predicted molar refractivity (Wildman–Crippen MR) is 145 cm³/mol. The minimum absolute atomic E-state index is 0. The number of ether oxygens (including phenoxy) is 1. The summed E-state index contributed by atoms with van der Waals surface area (Å²) in [5.41, 5.74) is 2.57. The summed E-state index contributed by atoms with van der Waals surface area (Å²) in [5.74, 6) is 1.90. The molecule has 3 heterocycles. The average molecular weight is 565 g/mol. The van der Waals surface area contributed by atoms with E-state index in [0.717, 1.165) is 64.0 Å². The van der Waals surface area contributed by atoms with Crippen LogP contribution in [0.15, 0.2) is 53.7 Å². The minimum atomic E-state index is 0. The summed E-state index contributed by atoms with van der Waals surface area (Å²) < 4.78 is 5.49. The first-order valence-electron chi connectivity index (χ1n) is 11.7. The summed E-state index contributed by atoms with van der Waals surface area (Å²) >= 11 is 0. The van der Waals surface area contributed by atoms with Gasteiger partial charge in [0.1, 0.15) is 5.82 Å². The van der Waals surface area contributed by atoms with Crippen molar-refractivity contribution in [3.63, 3.8) is 0 Å². The van der Waals surface area contributed by atoms with Crippen molar-refractivity contribution >= 4 is 35.8 Å². The van der Waals surface area contributed by atoms with Crippen LogP contribution >= 0.6 is 24.0 Å². The fourth-order valence-corrected chi connectivity index (χ4v) is 4.60. The highest BCUT2D eigenvalue weighted by atomic mass is 127. The molecule has 2 saturated heterocycles. The average Bonchev–Trinajstić information content (AvgIpc) is 2.85. The number of pyridine rings is 1. The van der Waals surface area contributed by atoms with Gasteiger partial charge in [0, 0.05) is 63.6 Å². The van der Waals surface area contributed by atoms with E-state index < -0.39 is 0 Å². The van der Waals surface area contributed by atoms with E-state index in [0.29, 0.717) is 18.6 Å². The molecular formula is C25H37IN6O. The number of benzene rings is 1. The van der Waals surface area contributed by atoms with E-state index >= 15 is 0 Å². The van der Waals surface area contributed by atoms with Crippen LogP contribution in [0.3, 0.4) is 0 Å². The number of anilines is 1. The maximum Gasteiger partial charge on any atom is 0.191 e. The second-order valence-electron chi connectivity index (χ2n) is 8.68. The van der Waals surface area contributed by atoms with E-state index in [1.165, 1.54) is 11.1 Å². The predicted octanol–water partition coefficient (Wildman–Crippen LogP) is 3.25. The number of aromatic nitrogens is 1. The van der Waals surface area contributed by atoms with Crippen LogP contribution in [0.5, 0.6) is 0 Å². The van der Waals surface area contributed by atoms with Gasteiger partial charge in [-0.2, -0.15) is 0 Å². The summed E-state index contributed by atoms with van der Waals surface area (Å²) in [4.78, 5) is 14.0. The second kappa shape index (κ2) is 13.1. The van der Waals surface area contributed by atoms with Gasteiger partial charge < -0.3 is 20.3 Å². The van der Waals surface area contributed by atoms with Gasteiger partial charge in [0.25, 0.3) is 0 Å². The third-order valence-electron chi connectivity index (χ3n) is 6.43. The lowest BCUT2D eigenvalue weighted by Gasteiger charge is -2.38.